The second-order valence-electron chi connectivity index (χ2n) is 10.1. The van der Waals surface area contributed by atoms with Crippen LogP contribution in [0, 0.1) is 18.8 Å². The molecule has 3 aromatic heterocycles. The van der Waals surface area contributed by atoms with Crippen LogP contribution in [0.25, 0.3) is 0 Å². The first-order chi connectivity index (χ1) is 18.0. The normalized spacial score (nSPS) is 18.7. The molecule has 37 heavy (non-hydrogen) atoms. The van der Waals surface area contributed by atoms with Crippen LogP contribution in [0.15, 0.2) is 12.5 Å². The Morgan fingerprint density at radius 2 is 2.05 bits per heavy atom. The Bertz CT molecular complexity index is 1340. The monoisotopic (exact) mass is 522 g/mol. The molecule has 0 unspecified atom stereocenters. The molecule has 3 aliphatic carbocycles. The molecule has 3 aliphatic rings. The number of thiophene rings is 1. The molecule has 194 valence electrons. The average Bonchev–Trinajstić information content (AvgIpc) is 3.83. The van der Waals surface area contributed by atoms with Gasteiger partial charge >= 0.3 is 0 Å². The van der Waals surface area contributed by atoms with E-state index in [0.717, 1.165) is 44.1 Å². The van der Waals surface area contributed by atoms with Gasteiger partial charge in [-0.1, -0.05) is 0 Å². The highest BCUT2D eigenvalue weighted by Gasteiger charge is 2.35. The highest BCUT2D eigenvalue weighted by Crippen LogP contribution is 2.43. The Kier molecular flexibility index (Phi) is 6.27. The first-order valence-electron chi connectivity index (χ1n) is 12.8. The Hall–Kier alpha value is -3.54. The van der Waals surface area contributed by atoms with Gasteiger partial charge in [0.15, 0.2) is 5.82 Å². The van der Waals surface area contributed by atoms with E-state index < -0.39 is 0 Å². The van der Waals surface area contributed by atoms with Crippen molar-refractivity contribution in [2.75, 3.05) is 24.3 Å². The topological polar surface area (TPSA) is 136 Å². The predicted octanol–water partition coefficient (Wildman–Crippen LogP) is 3.41. The molecule has 2 saturated carbocycles. The van der Waals surface area contributed by atoms with Crippen LogP contribution in [0.4, 0.5) is 16.8 Å². The maximum Gasteiger partial charge on any atom is 0.254 e. The number of carbonyl (C=O) groups is 2. The van der Waals surface area contributed by atoms with Gasteiger partial charge in [0.2, 0.25) is 17.7 Å². The SMILES string of the molecule is COc1cnc(Nc2nncn2[C@H]2CCc3sc(NC(=O)C4CC4)c(C(=O)NCC4CC4)c3C2)c(C)n1. The Balaban J connectivity index is 1.26. The fourth-order valence-electron chi connectivity index (χ4n) is 4.72. The van der Waals surface area contributed by atoms with E-state index in [0.29, 0.717) is 52.8 Å². The number of methoxy groups -OCH3 is 1. The van der Waals surface area contributed by atoms with E-state index in [9.17, 15) is 9.59 Å². The number of nitrogens with zero attached hydrogens (tertiary/aromatic N) is 5. The first-order valence-corrected chi connectivity index (χ1v) is 13.6. The number of aryl methyl sites for hydroxylation is 2. The van der Waals surface area contributed by atoms with E-state index >= 15 is 0 Å². The van der Waals surface area contributed by atoms with E-state index in [2.05, 4.69) is 36.1 Å². The lowest BCUT2D eigenvalue weighted by Crippen LogP contribution is -2.28. The lowest BCUT2D eigenvalue weighted by Gasteiger charge is -2.25. The average molecular weight is 523 g/mol. The van der Waals surface area contributed by atoms with E-state index in [4.69, 9.17) is 4.74 Å². The van der Waals surface area contributed by atoms with Crippen LogP contribution in [0.3, 0.4) is 0 Å². The van der Waals surface area contributed by atoms with Gasteiger partial charge in [0, 0.05) is 23.4 Å². The molecule has 6 rings (SSSR count). The van der Waals surface area contributed by atoms with Gasteiger partial charge in [-0.05, 0) is 63.4 Å². The van der Waals surface area contributed by atoms with Crippen molar-refractivity contribution in [1.29, 1.82) is 0 Å². The van der Waals surface area contributed by atoms with E-state index in [1.807, 2.05) is 11.5 Å². The Labute approximate surface area is 218 Å². The molecular weight excluding hydrogens is 492 g/mol. The van der Waals surface area contributed by atoms with Gasteiger partial charge in [0.25, 0.3) is 5.91 Å². The van der Waals surface area contributed by atoms with Crippen molar-refractivity contribution in [3.8, 4) is 5.88 Å². The minimum atomic E-state index is -0.0950. The summed E-state index contributed by atoms with van der Waals surface area (Å²) in [6, 6.07) is 0.0491. The summed E-state index contributed by atoms with van der Waals surface area (Å²) >= 11 is 1.55. The van der Waals surface area contributed by atoms with Gasteiger partial charge in [-0.15, -0.1) is 21.5 Å². The van der Waals surface area contributed by atoms with Crippen molar-refractivity contribution in [3.05, 3.63) is 34.2 Å². The van der Waals surface area contributed by atoms with Crippen LogP contribution in [-0.2, 0) is 17.6 Å². The Morgan fingerprint density at radius 1 is 1.22 bits per heavy atom. The maximum absolute atomic E-state index is 13.4. The molecule has 2 amide bonds. The summed E-state index contributed by atoms with van der Waals surface area (Å²) < 4.78 is 7.15. The minimum Gasteiger partial charge on any atom is -0.480 e. The lowest BCUT2D eigenvalue weighted by atomic mass is 9.91. The fourth-order valence-corrected chi connectivity index (χ4v) is 5.97. The third kappa shape index (κ3) is 5.02. The number of anilines is 3. The van der Waals surface area contributed by atoms with Crippen molar-refractivity contribution >= 4 is 39.9 Å². The molecule has 11 nitrogen and oxygen atoms in total. The van der Waals surface area contributed by atoms with Crippen molar-refractivity contribution in [2.24, 2.45) is 11.8 Å². The van der Waals surface area contributed by atoms with Crippen LogP contribution in [0.1, 0.15) is 64.6 Å². The third-order valence-electron chi connectivity index (χ3n) is 7.23. The number of rotatable bonds is 9. The van der Waals surface area contributed by atoms with Crippen molar-refractivity contribution in [1.82, 2.24) is 30.0 Å². The quantitative estimate of drug-likeness (QED) is 0.389. The van der Waals surface area contributed by atoms with Crippen molar-refractivity contribution in [3.63, 3.8) is 0 Å². The summed E-state index contributed by atoms with van der Waals surface area (Å²) in [6.07, 6.45) is 9.76. The van der Waals surface area contributed by atoms with Crippen LogP contribution in [0.5, 0.6) is 5.88 Å². The molecule has 0 bridgehead atoms. The number of carbonyl (C=O) groups excluding carboxylic acids is 2. The smallest absolute Gasteiger partial charge is 0.254 e. The summed E-state index contributed by atoms with van der Waals surface area (Å²) in [6.45, 7) is 2.53. The molecule has 1 atom stereocenters. The number of amides is 2. The molecular formula is C25H30N8O3S. The summed E-state index contributed by atoms with van der Waals surface area (Å²) in [5.41, 5.74) is 2.32. The van der Waals surface area contributed by atoms with Gasteiger partial charge in [-0.3, -0.25) is 14.2 Å². The van der Waals surface area contributed by atoms with Crippen molar-refractivity contribution in [2.45, 2.75) is 57.9 Å². The molecule has 3 heterocycles. The summed E-state index contributed by atoms with van der Waals surface area (Å²) in [5.74, 6) is 2.16. The van der Waals surface area contributed by atoms with Gasteiger partial charge in [0.1, 0.15) is 11.3 Å². The summed E-state index contributed by atoms with van der Waals surface area (Å²) in [4.78, 5) is 35.9. The number of nitrogens with one attached hydrogen (secondary N) is 3. The van der Waals surface area contributed by atoms with E-state index in [1.54, 1.807) is 31.0 Å². The predicted molar refractivity (Wildman–Crippen MR) is 138 cm³/mol. The highest BCUT2D eigenvalue weighted by atomic mass is 32.1. The largest absolute Gasteiger partial charge is 0.480 e. The molecule has 0 aromatic carbocycles. The fraction of sp³-hybridized carbons (Fsp3) is 0.520. The summed E-state index contributed by atoms with van der Waals surface area (Å²) in [7, 11) is 1.55. The van der Waals surface area contributed by atoms with Crippen LogP contribution in [0.2, 0.25) is 0 Å². The lowest BCUT2D eigenvalue weighted by molar-refractivity contribution is -0.117. The standard InChI is InChI=1S/C25H30N8O3S/c1-13-21(26-11-19(29-13)36-2)30-25-32-28-12-33(25)16-7-8-18-17(9-16)20(23(35)27-10-14-3-4-14)24(37-18)31-22(34)15-5-6-15/h11-12,14-16H,3-10H2,1-2H3,(H,27,35)(H,31,34)(H,26,30,32)/t16-/m0/s1. The molecule has 0 radical (unpaired) electrons. The molecule has 0 saturated heterocycles. The van der Waals surface area contributed by atoms with Gasteiger partial charge in [-0.25, -0.2) is 9.97 Å². The molecule has 12 heteroatoms. The van der Waals surface area contributed by atoms with E-state index in [-0.39, 0.29) is 23.8 Å². The van der Waals surface area contributed by atoms with Gasteiger partial charge in [0.05, 0.1) is 24.6 Å². The van der Waals surface area contributed by atoms with E-state index in [1.165, 1.54) is 4.88 Å². The number of hydrogen-bond donors (Lipinski definition) is 3. The second kappa shape index (κ2) is 9.73. The summed E-state index contributed by atoms with van der Waals surface area (Å²) in [5, 5.41) is 18.5. The highest BCUT2D eigenvalue weighted by molar-refractivity contribution is 7.17. The molecule has 2 fully saturated rings. The van der Waals surface area contributed by atoms with Crippen LogP contribution >= 0.6 is 11.3 Å². The minimum absolute atomic E-state index is 0.0210. The van der Waals surface area contributed by atoms with Gasteiger partial charge < -0.3 is 20.7 Å². The number of ether oxygens (including phenoxy) is 1. The Morgan fingerprint density at radius 3 is 2.78 bits per heavy atom. The van der Waals surface area contributed by atoms with Crippen molar-refractivity contribution < 1.29 is 14.3 Å². The molecule has 0 spiro atoms. The maximum atomic E-state index is 13.4. The molecule has 0 aliphatic heterocycles. The second-order valence-corrected chi connectivity index (χ2v) is 11.2. The zero-order chi connectivity index (χ0) is 25.5. The zero-order valence-electron chi connectivity index (χ0n) is 20.9. The van der Waals surface area contributed by atoms with Gasteiger partial charge in [-0.2, -0.15) is 0 Å². The van der Waals surface area contributed by atoms with Crippen LogP contribution in [-0.4, -0.2) is 50.2 Å². The first kappa shape index (κ1) is 23.8. The molecule has 3 N–H and O–H groups in total. The number of fused-ring (bicyclic) bond motifs is 1. The molecule has 3 aromatic rings. The van der Waals surface area contributed by atoms with Crippen LogP contribution < -0.4 is 20.7 Å². The zero-order valence-corrected chi connectivity index (χ0v) is 21.7. The number of hydrogen-bond acceptors (Lipinski definition) is 9. The third-order valence-corrected chi connectivity index (χ3v) is 8.43. The number of aromatic nitrogens is 5.